The van der Waals surface area contributed by atoms with E-state index in [0.29, 0.717) is 19.1 Å². The number of hydrogen-bond acceptors (Lipinski definition) is 6. The summed E-state index contributed by atoms with van der Waals surface area (Å²) in [5, 5.41) is 6.46. The standard InChI is InChI=1S/C13H22N4O2/c1-4-14-12-15-7-10(2)11(17-12)16-8-13(18-3)5-6-19-9-13/h7H,4-6,8-9H2,1-3H3,(H2,14,15,16,17). The van der Waals surface area contributed by atoms with Gasteiger partial charge in [0.15, 0.2) is 0 Å². The average molecular weight is 266 g/mol. The van der Waals surface area contributed by atoms with Crippen molar-refractivity contribution in [3.8, 4) is 0 Å². The van der Waals surface area contributed by atoms with Gasteiger partial charge in [0.1, 0.15) is 11.4 Å². The van der Waals surface area contributed by atoms with E-state index in [1.807, 2.05) is 20.0 Å². The zero-order valence-electron chi connectivity index (χ0n) is 11.8. The predicted molar refractivity (Wildman–Crippen MR) is 74.6 cm³/mol. The Balaban J connectivity index is 2.03. The predicted octanol–water partition coefficient (Wildman–Crippen LogP) is 1.43. The van der Waals surface area contributed by atoms with Crippen LogP contribution in [0.4, 0.5) is 11.8 Å². The monoisotopic (exact) mass is 266 g/mol. The summed E-state index contributed by atoms with van der Waals surface area (Å²) in [6, 6.07) is 0. The number of ether oxygens (including phenoxy) is 2. The van der Waals surface area contributed by atoms with Gasteiger partial charge in [0.25, 0.3) is 0 Å². The SMILES string of the molecule is CCNc1ncc(C)c(NCC2(OC)CCOC2)n1. The highest BCUT2D eigenvalue weighted by Crippen LogP contribution is 2.23. The molecule has 0 amide bonds. The second-order valence-electron chi connectivity index (χ2n) is 4.80. The lowest BCUT2D eigenvalue weighted by atomic mass is 10.0. The second kappa shape index (κ2) is 6.16. The molecule has 6 heteroatoms. The van der Waals surface area contributed by atoms with Gasteiger partial charge in [-0.25, -0.2) is 4.98 Å². The van der Waals surface area contributed by atoms with Crippen LogP contribution < -0.4 is 10.6 Å². The van der Waals surface area contributed by atoms with Crippen molar-refractivity contribution in [2.24, 2.45) is 0 Å². The molecule has 1 saturated heterocycles. The van der Waals surface area contributed by atoms with E-state index in [2.05, 4.69) is 20.6 Å². The Hall–Kier alpha value is -1.40. The second-order valence-corrected chi connectivity index (χ2v) is 4.80. The summed E-state index contributed by atoms with van der Waals surface area (Å²) in [4.78, 5) is 8.69. The third-order valence-corrected chi connectivity index (χ3v) is 3.38. The third-order valence-electron chi connectivity index (χ3n) is 3.38. The lowest BCUT2D eigenvalue weighted by molar-refractivity contribution is -0.00626. The number of aryl methyl sites for hydroxylation is 1. The van der Waals surface area contributed by atoms with Crippen LogP contribution in [0.15, 0.2) is 6.20 Å². The molecule has 1 aliphatic heterocycles. The molecule has 106 valence electrons. The summed E-state index contributed by atoms with van der Waals surface area (Å²) in [7, 11) is 1.73. The smallest absolute Gasteiger partial charge is 0.224 e. The molecule has 2 rings (SSSR count). The number of nitrogens with zero attached hydrogens (tertiary/aromatic N) is 2. The fourth-order valence-electron chi connectivity index (χ4n) is 2.07. The van der Waals surface area contributed by atoms with Crippen LogP contribution in [0.1, 0.15) is 18.9 Å². The van der Waals surface area contributed by atoms with Gasteiger partial charge in [0, 0.05) is 45.0 Å². The molecule has 2 heterocycles. The lowest BCUT2D eigenvalue weighted by Gasteiger charge is -2.26. The summed E-state index contributed by atoms with van der Waals surface area (Å²) < 4.78 is 11.0. The van der Waals surface area contributed by atoms with Gasteiger partial charge in [-0.15, -0.1) is 0 Å². The minimum absolute atomic E-state index is 0.240. The summed E-state index contributed by atoms with van der Waals surface area (Å²) in [6.45, 7) is 6.88. The van der Waals surface area contributed by atoms with Crippen LogP contribution in [0.3, 0.4) is 0 Å². The Morgan fingerprint density at radius 2 is 2.32 bits per heavy atom. The van der Waals surface area contributed by atoms with Gasteiger partial charge in [-0.3, -0.25) is 0 Å². The minimum atomic E-state index is -0.240. The van der Waals surface area contributed by atoms with Gasteiger partial charge in [0.05, 0.1) is 6.61 Å². The minimum Gasteiger partial charge on any atom is -0.378 e. The van der Waals surface area contributed by atoms with Crippen molar-refractivity contribution in [1.29, 1.82) is 0 Å². The van der Waals surface area contributed by atoms with Crippen LogP contribution in [0.5, 0.6) is 0 Å². The van der Waals surface area contributed by atoms with Gasteiger partial charge in [-0.1, -0.05) is 0 Å². The molecular weight excluding hydrogens is 244 g/mol. The molecule has 1 unspecified atom stereocenters. The fourth-order valence-corrected chi connectivity index (χ4v) is 2.07. The summed E-state index contributed by atoms with van der Waals surface area (Å²) in [5.41, 5.74) is 0.780. The Morgan fingerprint density at radius 3 is 2.95 bits per heavy atom. The molecule has 0 bridgehead atoms. The number of methoxy groups -OCH3 is 1. The zero-order valence-corrected chi connectivity index (χ0v) is 11.8. The molecule has 0 radical (unpaired) electrons. The Kier molecular flexibility index (Phi) is 4.55. The van der Waals surface area contributed by atoms with Crippen molar-refractivity contribution >= 4 is 11.8 Å². The Labute approximate surface area is 113 Å². The number of rotatable bonds is 6. The summed E-state index contributed by atoms with van der Waals surface area (Å²) in [5.74, 6) is 1.49. The van der Waals surface area contributed by atoms with Crippen LogP contribution in [0, 0.1) is 6.92 Å². The van der Waals surface area contributed by atoms with Gasteiger partial charge in [-0.2, -0.15) is 4.98 Å². The maximum Gasteiger partial charge on any atom is 0.224 e. The van der Waals surface area contributed by atoms with Gasteiger partial charge < -0.3 is 20.1 Å². The number of hydrogen-bond donors (Lipinski definition) is 2. The molecule has 1 fully saturated rings. The van der Waals surface area contributed by atoms with E-state index in [0.717, 1.165) is 31.0 Å². The van der Waals surface area contributed by atoms with E-state index < -0.39 is 0 Å². The highest BCUT2D eigenvalue weighted by molar-refractivity contribution is 5.46. The largest absolute Gasteiger partial charge is 0.378 e. The number of nitrogens with one attached hydrogen (secondary N) is 2. The van der Waals surface area contributed by atoms with Crippen molar-refractivity contribution in [2.75, 3.05) is 44.0 Å². The molecule has 0 spiro atoms. The van der Waals surface area contributed by atoms with Gasteiger partial charge in [0.2, 0.25) is 5.95 Å². The van der Waals surface area contributed by atoms with Crippen molar-refractivity contribution in [1.82, 2.24) is 9.97 Å². The molecule has 0 aliphatic carbocycles. The zero-order chi connectivity index (χ0) is 13.7. The lowest BCUT2D eigenvalue weighted by Crippen LogP contribution is -2.39. The molecule has 1 aromatic heterocycles. The van der Waals surface area contributed by atoms with Crippen LogP contribution >= 0.6 is 0 Å². The summed E-state index contributed by atoms with van der Waals surface area (Å²) in [6.07, 6.45) is 2.72. The topological polar surface area (TPSA) is 68.3 Å². The van der Waals surface area contributed by atoms with Gasteiger partial charge >= 0.3 is 0 Å². The van der Waals surface area contributed by atoms with Crippen molar-refractivity contribution < 1.29 is 9.47 Å². The highest BCUT2D eigenvalue weighted by Gasteiger charge is 2.34. The summed E-state index contributed by atoms with van der Waals surface area (Å²) >= 11 is 0. The molecular formula is C13H22N4O2. The first kappa shape index (κ1) is 14.0. The quantitative estimate of drug-likeness (QED) is 0.812. The van der Waals surface area contributed by atoms with Crippen LogP contribution in [-0.2, 0) is 9.47 Å². The molecule has 1 aromatic rings. The third kappa shape index (κ3) is 3.33. The maximum absolute atomic E-state index is 5.59. The van der Waals surface area contributed by atoms with E-state index >= 15 is 0 Å². The number of aromatic nitrogens is 2. The molecule has 19 heavy (non-hydrogen) atoms. The highest BCUT2D eigenvalue weighted by atomic mass is 16.5. The van der Waals surface area contributed by atoms with Crippen molar-refractivity contribution in [3.05, 3.63) is 11.8 Å². The number of anilines is 2. The molecule has 6 nitrogen and oxygen atoms in total. The average Bonchev–Trinajstić information content (AvgIpc) is 2.89. The first-order valence-corrected chi connectivity index (χ1v) is 6.63. The molecule has 2 N–H and O–H groups in total. The van der Waals surface area contributed by atoms with E-state index in [-0.39, 0.29) is 5.60 Å². The van der Waals surface area contributed by atoms with E-state index in [1.165, 1.54) is 0 Å². The van der Waals surface area contributed by atoms with Crippen LogP contribution in [-0.4, -0.2) is 49.0 Å². The van der Waals surface area contributed by atoms with Crippen molar-refractivity contribution in [3.63, 3.8) is 0 Å². The normalized spacial score (nSPS) is 22.5. The molecule has 1 atom stereocenters. The molecule has 0 saturated carbocycles. The van der Waals surface area contributed by atoms with Crippen molar-refractivity contribution in [2.45, 2.75) is 25.9 Å². The fraction of sp³-hybridized carbons (Fsp3) is 0.692. The first-order valence-electron chi connectivity index (χ1n) is 6.63. The first-order chi connectivity index (χ1) is 9.19. The van der Waals surface area contributed by atoms with Crippen LogP contribution in [0.2, 0.25) is 0 Å². The molecule has 1 aliphatic rings. The van der Waals surface area contributed by atoms with E-state index in [1.54, 1.807) is 7.11 Å². The van der Waals surface area contributed by atoms with E-state index in [9.17, 15) is 0 Å². The Bertz CT molecular complexity index is 419. The maximum atomic E-state index is 5.59. The van der Waals surface area contributed by atoms with Gasteiger partial charge in [-0.05, 0) is 13.8 Å². The Morgan fingerprint density at radius 1 is 1.47 bits per heavy atom. The van der Waals surface area contributed by atoms with Crippen LogP contribution in [0.25, 0.3) is 0 Å². The van der Waals surface area contributed by atoms with E-state index in [4.69, 9.17) is 9.47 Å². The molecule has 0 aromatic carbocycles.